The quantitative estimate of drug-likeness (QED) is 0.530. The van der Waals surface area contributed by atoms with Crippen LogP contribution in [0.3, 0.4) is 0 Å². The van der Waals surface area contributed by atoms with Gasteiger partial charge in [0.1, 0.15) is 12.1 Å². The number of urea groups is 1. The zero-order valence-corrected chi connectivity index (χ0v) is 11.2. The SMILES string of the molecule is CCC[C@H](NC(=O)NC(C)C(=O)NC1CC1)C(=O)O. The van der Waals surface area contributed by atoms with Gasteiger partial charge in [-0.2, -0.15) is 0 Å². The average Bonchev–Trinajstić information content (AvgIpc) is 3.11. The summed E-state index contributed by atoms with van der Waals surface area (Å²) in [6, 6.07) is -2.02. The molecule has 1 saturated carbocycles. The number of carboxylic acids is 1. The zero-order valence-electron chi connectivity index (χ0n) is 11.2. The van der Waals surface area contributed by atoms with Crippen LogP contribution in [0.2, 0.25) is 0 Å². The number of nitrogens with one attached hydrogen (secondary N) is 3. The fourth-order valence-corrected chi connectivity index (χ4v) is 1.56. The molecule has 0 saturated heterocycles. The summed E-state index contributed by atoms with van der Waals surface area (Å²) >= 11 is 0. The molecule has 7 nitrogen and oxygen atoms in total. The lowest BCUT2D eigenvalue weighted by Crippen LogP contribution is -2.52. The van der Waals surface area contributed by atoms with Gasteiger partial charge in [0.15, 0.2) is 0 Å². The van der Waals surface area contributed by atoms with Gasteiger partial charge in [-0.1, -0.05) is 13.3 Å². The lowest BCUT2D eigenvalue weighted by Gasteiger charge is -2.17. The van der Waals surface area contributed by atoms with E-state index < -0.39 is 24.1 Å². The van der Waals surface area contributed by atoms with Crippen LogP contribution in [0.5, 0.6) is 0 Å². The Morgan fingerprint density at radius 3 is 2.37 bits per heavy atom. The Labute approximate surface area is 112 Å². The van der Waals surface area contributed by atoms with Crippen molar-refractivity contribution < 1.29 is 19.5 Å². The molecule has 7 heteroatoms. The Morgan fingerprint density at radius 1 is 1.26 bits per heavy atom. The van der Waals surface area contributed by atoms with Crippen molar-refractivity contribution >= 4 is 17.9 Å². The standard InChI is InChI=1S/C12H21N3O4/c1-3-4-9(11(17)18)15-12(19)13-7(2)10(16)14-8-5-6-8/h7-9H,3-6H2,1-2H3,(H,14,16)(H,17,18)(H2,13,15,19)/t7?,9-/m0/s1. The number of carbonyl (C=O) groups is 3. The Balaban J connectivity index is 2.35. The second kappa shape index (κ2) is 6.96. The van der Waals surface area contributed by atoms with Crippen LogP contribution < -0.4 is 16.0 Å². The van der Waals surface area contributed by atoms with Crippen molar-refractivity contribution in [3.05, 3.63) is 0 Å². The van der Waals surface area contributed by atoms with E-state index in [4.69, 9.17) is 5.11 Å². The summed E-state index contributed by atoms with van der Waals surface area (Å²) in [5.74, 6) is -1.33. The van der Waals surface area contributed by atoms with Crippen molar-refractivity contribution in [1.82, 2.24) is 16.0 Å². The highest BCUT2D eigenvalue weighted by molar-refractivity contribution is 5.88. The third-order valence-corrected chi connectivity index (χ3v) is 2.85. The molecule has 2 atom stereocenters. The van der Waals surface area contributed by atoms with Crippen LogP contribution in [0, 0.1) is 0 Å². The van der Waals surface area contributed by atoms with Crippen molar-refractivity contribution in [2.24, 2.45) is 0 Å². The van der Waals surface area contributed by atoms with Gasteiger partial charge in [-0.3, -0.25) is 4.79 Å². The molecule has 4 N–H and O–H groups in total. The number of carbonyl (C=O) groups excluding carboxylic acids is 2. The first kappa shape index (κ1) is 15.3. The van der Waals surface area contributed by atoms with E-state index in [0.29, 0.717) is 12.8 Å². The maximum Gasteiger partial charge on any atom is 0.326 e. The van der Waals surface area contributed by atoms with Gasteiger partial charge >= 0.3 is 12.0 Å². The summed E-state index contributed by atoms with van der Waals surface area (Å²) < 4.78 is 0. The molecule has 0 aromatic heterocycles. The molecule has 1 unspecified atom stereocenters. The van der Waals surface area contributed by atoms with Crippen LogP contribution in [0.1, 0.15) is 39.5 Å². The molecule has 1 rings (SSSR count). The molecular formula is C12H21N3O4. The number of rotatable bonds is 7. The van der Waals surface area contributed by atoms with E-state index in [2.05, 4.69) is 16.0 Å². The van der Waals surface area contributed by atoms with Crippen molar-refractivity contribution in [2.75, 3.05) is 0 Å². The van der Waals surface area contributed by atoms with Gasteiger partial charge in [0.25, 0.3) is 0 Å². The molecular weight excluding hydrogens is 250 g/mol. The monoisotopic (exact) mass is 271 g/mol. The smallest absolute Gasteiger partial charge is 0.326 e. The summed E-state index contributed by atoms with van der Waals surface area (Å²) in [6.45, 7) is 3.40. The first-order chi connectivity index (χ1) is 8.93. The summed E-state index contributed by atoms with van der Waals surface area (Å²) in [5.41, 5.74) is 0. The van der Waals surface area contributed by atoms with Gasteiger partial charge in [-0.25, -0.2) is 9.59 Å². The number of carboxylic acid groups (broad SMARTS) is 1. The minimum Gasteiger partial charge on any atom is -0.480 e. The van der Waals surface area contributed by atoms with Crippen LogP contribution in [-0.4, -0.2) is 41.1 Å². The molecule has 0 bridgehead atoms. The van der Waals surface area contributed by atoms with Gasteiger partial charge in [-0.15, -0.1) is 0 Å². The van der Waals surface area contributed by atoms with E-state index in [1.54, 1.807) is 6.92 Å². The van der Waals surface area contributed by atoms with Crippen LogP contribution in [-0.2, 0) is 9.59 Å². The molecule has 0 aliphatic heterocycles. The zero-order chi connectivity index (χ0) is 14.4. The maximum atomic E-state index is 11.6. The molecule has 19 heavy (non-hydrogen) atoms. The lowest BCUT2D eigenvalue weighted by atomic mass is 10.2. The van der Waals surface area contributed by atoms with Crippen LogP contribution in [0.4, 0.5) is 4.79 Å². The highest BCUT2D eigenvalue weighted by Gasteiger charge is 2.27. The van der Waals surface area contributed by atoms with Crippen LogP contribution >= 0.6 is 0 Å². The third-order valence-electron chi connectivity index (χ3n) is 2.85. The topological polar surface area (TPSA) is 108 Å². The predicted octanol–water partition coefficient (Wildman–Crippen LogP) is 0.206. The summed E-state index contributed by atoms with van der Waals surface area (Å²) in [4.78, 5) is 34.1. The summed E-state index contributed by atoms with van der Waals surface area (Å²) in [7, 11) is 0. The van der Waals surface area contributed by atoms with Gasteiger partial charge in [0, 0.05) is 6.04 Å². The molecule has 1 fully saturated rings. The van der Waals surface area contributed by atoms with Crippen molar-refractivity contribution in [3.63, 3.8) is 0 Å². The molecule has 0 radical (unpaired) electrons. The van der Waals surface area contributed by atoms with Crippen LogP contribution in [0.15, 0.2) is 0 Å². The van der Waals surface area contributed by atoms with Gasteiger partial charge in [0.2, 0.25) is 5.91 Å². The van der Waals surface area contributed by atoms with Gasteiger partial charge in [0.05, 0.1) is 0 Å². The number of hydrogen-bond acceptors (Lipinski definition) is 3. The molecule has 0 heterocycles. The minimum atomic E-state index is -1.08. The summed E-state index contributed by atoms with van der Waals surface area (Å²) in [6.07, 6.45) is 2.95. The largest absolute Gasteiger partial charge is 0.480 e. The highest BCUT2D eigenvalue weighted by Crippen LogP contribution is 2.18. The number of amides is 3. The molecule has 0 spiro atoms. The van der Waals surface area contributed by atoms with Crippen molar-refractivity contribution in [3.8, 4) is 0 Å². The van der Waals surface area contributed by atoms with E-state index in [1.807, 2.05) is 6.92 Å². The van der Waals surface area contributed by atoms with E-state index in [-0.39, 0.29) is 11.9 Å². The van der Waals surface area contributed by atoms with Gasteiger partial charge < -0.3 is 21.1 Å². The molecule has 3 amide bonds. The van der Waals surface area contributed by atoms with E-state index in [1.165, 1.54) is 0 Å². The van der Waals surface area contributed by atoms with Gasteiger partial charge in [-0.05, 0) is 26.2 Å². The number of hydrogen-bond donors (Lipinski definition) is 4. The normalized spacial score (nSPS) is 17.2. The first-order valence-electron chi connectivity index (χ1n) is 6.54. The fourth-order valence-electron chi connectivity index (χ4n) is 1.56. The fraction of sp³-hybridized carbons (Fsp3) is 0.750. The molecule has 0 aromatic carbocycles. The Kier molecular flexibility index (Phi) is 5.59. The second-order valence-corrected chi connectivity index (χ2v) is 4.80. The Bertz CT molecular complexity index is 355. The third kappa shape index (κ3) is 5.58. The molecule has 0 aromatic rings. The summed E-state index contributed by atoms with van der Waals surface area (Å²) in [5, 5.41) is 16.4. The minimum absolute atomic E-state index is 0.228. The predicted molar refractivity (Wildman–Crippen MR) is 68.6 cm³/mol. The lowest BCUT2D eigenvalue weighted by molar-refractivity contribution is -0.139. The second-order valence-electron chi connectivity index (χ2n) is 4.80. The first-order valence-corrected chi connectivity index (χ1v) is 6.54. The molecule has 1 aliphatic rings. The van der Waals surface area contributed by atoms with Crippen molar-refractivity contribution in [1.29, 1.82) is 0 Å². The van der Waals surface area contributed by atoms with E-state index in [9.17, 15) is 14.4 Å². The molecule has 108 valence electrons. The molecule has 1 aliphatic carbocycles. The Morgan fingerprint density at radius 2 is 1.89 bits per heavy atom. The van der Waals surface area contributed by atoms with E-state index >= 15 is 0 Å². The highest BCUT2D eigenvalue weighted by atomic mass is 16.4. The number of aliphatic carboxylic acids is 1. The Hall–Kier alpha value is -1.79. The van der Waals surface area contributed by atoms with Crippen LogP contribution in [0.25, 0.3) is 0 Å². The average molecular weight is 271 g/mol. The van der Waals surface area contributed by atoms with Crippen molar-refractivity contribution in [2.45, 2.75) is 57.7 Å². The van der Waals surface area contributed by atoms with E-state index in [0.717, 1.165) is 12.8 Å². The maximum absolute atomic E-state index is 11.6.